The van der Waals surface area contributed by atoms with E-state index in [-0.39, 0.29) is 5.91 Å². The molecule has 0 bridgehead atoms. The van der Waals surface area contributed by atoms with Crippen molar-refractivity contribution in [3.63, 3.8) is 0 Å². The topological polar surface area (TPSA) is 81.9 Å². The molecule has 25 heavy (non-hydrogen) atoms. The van der Waals surface area contributed by atoms with Crippen LogP contribution < -0.4 is 10.1 Å². The molecule has 3 aromatic rings. The first-order valence-electron chi connectivity index (χ1n) is 7.98. The van der Waals surface area contributed by atoms with E-state index in [9.17, 15) is 4.79 Å². The van der Waals surface area contributed by atoms with E-state index in [1.807, 2.05) is 43.5 Å². The highest BCUT2D eigenvalue weighted by Gasteiger charge is 2.07. The maximum absolute atomic E-state index is 11.9. The van der Waals surface area contributed by atoms with Gasteiger partial charge in [-0.2, -0.15) is 0 Å². The molecule has 1 N–H and O–H groups in total. The lowest BCUT2D eigenvalue weighted by Crippen LogP contribution is -2.12. The zero-order chi connectivity index (χ0) is 17.5. The van der Waals surface area contributed by atoms with Crippen molar-refractivity contribution < 1.29 is 9.53 Å². The van der Waals surface area contributed by atoms with Crippen LogP contribution in [0.5, 0.6) is 5.75 Å². The summed E-state index contributed by atoms with van der Waals surface area (Å²) < 4.78 is 7.36. The molecule has 0 saturated carbocycles. The van der Waals surface area contributed by atoms with E-state index in [4.69, 9.17) is 4.74 Å². The van der Waals surface area contributed by atoms with Crippen molar-refractivity contribution >= 4 is 22.4 Å². The number of rotatable bonds is 8. The van der Waals surface area contributed by atoms with Crippen LogP contribution in [0.1, 0.15) is 23.4 Å². The van der Waals surface area contributed by atoms with E-state index in [0.717, 1.165) is 16.3 Å². The van der Waals surface area contributed by atoms with E-state index in [0.29, 0.717) is 31.1 Å². The molecule has 0 radical (unpaired) electrons. The Morgan fingerprint density at radius 1 is 1.32 bits per heavy atom. The van der Waals surface area contributed by atoms with Gasteiger partial charge >= 0.3 is 0 Å². The van der Waals surface area contributed by atoms with Crippen molar-refractivity contribution in [2.24, 2.45) is 0 Å². The predicted octanol–water partition coefficient (Wildman–Crippen LogP) is 3.04. The summed E-state index contributed by atoms with van der Waals surface area (Å²) in [5.74, 6) is 0.758. The van der Waals surface area contributed by atoms with Crippen molar-refractivity contribution in [1.29, 1.82) is 0 Å². The molecular formula is C17H19N5O2S. The molecule has 0 atom stereocenters. The molecule has 0 spiro atoms. The molecule has 1 aromatic carbocycles. The molecule has 3 rings (SSSR count). The molecule has 1 amide bonds. The first-order chi connectivity index (χ1) is 12.2. The SMILES string of the molecule is Cc1cnc(NC(=O)CCCn2cc(COc3ccccc3)nn2)s1. The Labute approximate surface area is 149 Å². The number of carbonyl (C=O) groups excluding carboxylic acids is 1. The van der Waals surface area contributed by atoms with E-state index in [1.54, 1.807) is 10.9 Å². The van der Waals surface area contributed by atoms with Crippen molar-refractivity contribution in [3.05, 3.63) is 53.3 Å². The molecule has 0 aliphatic heterocycles. The molecule has 130 valence electrons. The van der Waals surface area contributed by atoms with Gasteiger partial charge in [-0.25, -0.2) is 4.98 Å². The van der Waals surface area contributed by atoms with Gasteiger partial charge in [0.05, 0.1) is 6.20 Å². The lowest BCUT2D eigenvalue weighted by atomic mass is 10.3. The third kappa shape index (κ3) is 5.39. The van der Waals surface area contributed by atoms with Crippen LogP contribution in [0.25, 0.3) is 0 Å². The summed E-state index contributed by atoms with van der Waals surface area (Å²) in [4.78, 5) is 17.1. The number of benzene rings is 1. The van der Waals surface area contributed by atoms with Crippen molar-refractivity contribution in [2.75, 3.05) is 5.32 Å². The number of aryl methyl sites for hydroxylation is 2. The quantitative estimate of drug-likeness (QED) is 0.670. The molecule has 8 heteroatoms. The molecule has 0 unspecified atom stereocenters. The molecule has 0 aliphatic carbocycles. The summed E-state index contributed by atoms with van der Waals surface area (Å²) in [6.07, 6.45) is 4.67. The first kappa shape index (κ1) is 17.1. The number of nitrogens with one attached hydrogen (secondary N) is 1. The smallest absolute Gasteiger partial charge is 0.226 e. The standard InChI is InChI=1S/C17H19N5O2S/c1-13-10-18-17(25-13)19-16(23)8-5-9-22-11-14(20-21-22)12-24-15-6-3-2-4-7-15/h2-4,6-7,10-11H,5,8-9,12H2,1H3,(H,18,19,23). The number of para-hydroxylation sites is 1. The Hall–Kier alpha value is -2.74. The summed E-state index contributed by atoms with van der Waals surface area (Å²) in [6.45, 7) is 2.95. The summed E-state index contributed by atoms with van der Waals surface area (Å²) in [7, 11) is 0. The first-order valence-corrected chi connectivity index (χ1v) is 8.80. The number of ether oxygens (including phenoxy) is 1. The average molecular weight is 357 g/mol. The van der Waals surface area contributed by atoms with Gasteiger partial charge in [0, 0.05) is 24.0 Å². The summed E-state index contributed by atoms with van der Waals surface area (Å²) in [5, 5.41) is 11.6. The van der Waals surface area contributed by atoms with E-state index in [1.165, 1.54) is 11.3 Å². The Morgan fingerprint density at radius 3 is 2.92 bits per heavy atom. The fourth-order valence-corrected chi connectivity index (χ4v) is 2.86. The van der Waals surface area contributed by atoms with Crippen LogP contribution in [-0.2, 0) is 17.9 Å². The van der Waals surface area contributed by atoms with Crippen molar-refractivity contribution in [3.8, 4) is 5.75 Å². The highest BCUT2D eigenvalue weighted by Crippen LogP contribution is 2.16. The van der Waals surface area contributed by atoms with Crippen LogP contribution in [0.15, 0.2) is 42.7 Å². The number of carbonyl (C=O) groups is 1. The number of aromatic nitrogens is 4. The van der Waals surface area contributed by atoms with Crippen molar-refractivity contribution in [2.45, 2.75) is 32.9 Å². The van der Waals surface area contributed by atoms with Gasteiger partial charge in [-0.15, -0.1) is 16.4 Å². The summed E-state index contributed by atoms with van der Waals surface area (Å²) in [6, 6.07) is 9.57. The highest BCUT2D eigenvalue weighted by molar-refractivity contribution is 7.15. The molecule has 0 saturated heterocycles. The zero-order valence-corrected chi connectivity index (χ0v) is 14.7. The minimum atomic E-state index is -0.0397. The maximum atomic E-state index is 11.9. The average Bonchev–Trinajstić information content (AvgIpc) is 3.23. The Bertz CT molecular complexity index is 815. The fraction of sp³-hybridized carbons (Fsp3) is 0.294. The van der Waals surface area contributed by atoms with Gasteiger partial charge in [0.2, 0.25) is 5.91 Å². The van der Waals surface area contributed by atoms with Gasteiger partial charge in [-0.1, -0.05) is 23.4 Å². The fourth-order valence-electron chi connectivity index (χ4n) is 2.18. The molecule has 0 aliphatic rings. The number of hydrogen-bond acceptors (Lipinski definition) is 6. The number of amides is 1. The predicted molar refractivity (Wildman–Crippen MR) is 95.5 cm³/mol. The Kier molecular flexibility index (Phi) is 5.73. The molecule has 0 fully saturated rings. The third-order valence-corrected chi connectivity index (χ3v) is 4.20. The van der Waals surface area contributed by atoms with Gasteiger partial charge in [0.25, 0.3) is 0 Å². The van der Waals surface area contributed by atoms with Crippen LogP contribution in [0, 0.1) is 6.92 Å². The molecule has 2 heterocycles. The largest absolute Gasteiger partial charge is 0.487 e. The molecule has 2 aromatic heterocycles. The summed E-state index contributed by atoms with van der Waals surface area (Å²) in [5.41, 5.74) is 0.756. The number of hydrogen-bond donors (Lipinski definition) is 1. The van der Waals surface area contributed by atoms with Gasteiger partial charge in [-0.3, -0.25) is 9.48 Å². The third-order valence-electron chi connectivity index (χ3n) is 3.37. The molecule has 7 nitrogen and oxygen atoms in total. The Balaban J connectivity index is 1.39. The van der Waals surface area contributed by atoms with Crippen molar-refractivity contribution in [1.82, 2.24) is 20.0 Å². The van der Waals surface area contributed by atoms with Crippen LogP contribution in [0.3, 0.4) is 0 Å². The monoisotopic (exact) mass is 357 g/mol. The number of thiazole rings is 1. The van der Waals surface area contributed by atoms with Crippen LogP contribution in [0.4, 0.5) is 5.13 Å². The second-order valence-electron chi connectivity index (χ2n) is 5.50. The van der Waals surface area contributed by atoms with Gasteiger partial charge in [0.1, 0.15) is 18.1 Å². The Morgan fingerprint density at radius 2 is 2.16 bits per heavy atom. The maximum Gasteiger partial charge on any atom is 0.226 e. The van der Waals surface area contributed by atoms with Gasteiger partial charge < -0.3 is 10.1 Å². The van der Waals surface area contributed by atoms with Crippen LogP contribution >= 0.6 is 11.3 Å². The van der Waals surface area contributed by atoms with Gasteiger partial charge in [-0.05, 0) is 25.5 Å². The zero-order valence-electron chi connectivity index (χ0n) is 13.9. The van der Waals surface area contributed by atoms with Gasteiger partial charge in [0.15, 0.2) is 5.13 Å². The molecular weight excluding hydrogens is 338 g/mol. The highest BCUT2D eigenvalue weighted by atomic mass is 32.1. The minimum absolute atomic E-state index is 0.0397. The number of anilines is 1. The van der Waals surface area contributed by atoms with E-state index < -0.39 is 0 Å². The lowest BCUT2D eigenvalue weighted by molar-refractivity contribution is -0.116. The summed E-state index contributed by atoms with van der Waals surface area (Å²) >= 11 is 1.47. The van der Waals surface area contributed by atoms with Crippen LogP contribution in [0.2, 0.25) is 0 Å². The van der Waals surface area contributed by atoms with E-state index >= 15 is 0 Å². The second-order valence-corrected chi connectivity index (χ2v) is 6.74. The minimum Gasteiger partial charge on any atom is -0.487 e. The van der Waals surface area contributed by atoms with E-state index in [2.05, 4.69) is 20.6 Å². The van der Waals surface area contributed by atoms with Crippen LogP contribution in [-0.4, -0.2) is 25.9 Å². The lowest BCUT2D eigenvalue weighted by Gasteiger charge is -2.03. The number of nitrogens with zero attached hydrogens (tertiary/aromatic N) is 4. The second kappa shape index (κ2) is 8.39. The normalized spacial score (nSPS) is 10.6.